The van der Waals surface area contributed by atoms with Crippen LogP contribution in [0, 0.1) is 0 Å². The average molecular weight is 375 g/mol. The van der Waals surface area contributed by atoms with Crippen molar-refractivity contribution >= 4 is 17.5 Å². The number of likely N-dealkylation sites (tertiary alicyclic amines) is 1. The molecule has 1 aliphatic heterocycles. The van der Waals surface area contributed by atoms with Crippen molar-refractivity contribution in [2.45, 2.75) is 32.3 Å². The monoisotopic (exact) mass is 374 g/mol. The van der Waals surface area contributed by atoms with Gasteiger partial charge in [0, 0.05) is 37.2 Å². The van der Waals surface area contributed by atoms with Gasteiger partial charge in [-0.15, -0.1) is 0 Å². The quantitative estimate of drug-likeness (QED) is 0.760. The van der Waals surface area contributed by atoms with E-state index in [0.29, 0.717) is 36.2 Å². The fourth-order valence-electron chi connectivity index (χ4n) is 2.91. The third-order valence-electron chi connectivity index (χ3n) is 4.28. The molecule has 3 rings (SSSR count). The largest absolute Gasteiger partial charge is 0.491 e. The SMILES string of the molecule is CCCOc1cccnc1C(=O)N1CCC(Oc2ccc(Cl)cc2)CC1. The number of aromatic nitrogens is 1. The van der Waals surface area contributed by atoms with Crippen molar-refractivity contribution in [3.05, 3.63) is 53.3 Å². The molecule has 0 radical (unpaired) electrons. The third-order valence-corrected chi connectivity index (χ3v) is 4.53. The molecule has 26 heavy (non-hydrogen) atoms. The highest BCUT2D eigenvalue weighted by Gasteiger charge is 2.27. The van der Waals surface area contributed by atoms with Gasteiger partial charge in [-0.1, -0.05) is 18.5 Å². The average Bonchev–Trinajstić information content (AvgIpc) is 2.68. The molecule has 0 spiro atoms. The summed E-state index contributed by atoms with van der Waals surface area (Å²) in [7, 11) is 0. The predicted octanol–water partition coefficient (Wildman–Crippen LogP) is 4.21. The Kier molecular flexibility index (Phi) is 6.34. The lowest BCUT2D eigenvalue weighted by molar-refractivity contribution is 0.0586. The van der Waals surface area contributed by atoms with Gasteiger partial charge in [-0.25, -0.2) is 4.98 Å². The van der Waals surface area contributed by atoms with Crippen LogP contribution in [-0.4, -0.2) is 41.6 Å². The van der Waals surface area contributed by atoms with Gasteiger partial charge in [-0.2, -0.15) is 0 Å². The molecule has 0 saturated carbocycles. The second-order valence-electron chi connectivity index (χ2n) is 6.26. The molecule has 1 amide bonds. The lowest BCUT2D eigenvalue weighted by atomic mass is 10.1. The van der Waals surface area contributed by atoms with E-state index in [9.17, 15) is 4.79 Å². The molecule has 0 atom stereocenters. The van der Waals surface area contributed by atoms with E-state index >= 15 is 0 Å². The molecule has 1 saturated heterocycles. The Hall–Kier alpha value is -2.27. The van der Waals surface area contributed by atoms with E-state index in [-0.39, 0.29) is 12.0 Å². The minimum atomic E-state index is -0.0818. The first-order chi connectivity index (χ1) is 12.7. The molecule has 6 heteroatoms. The van der Waals surface area contributed by atoms with E-state index in [1.54, 1.807) is 18.3 Å². The summed E-state index contributed by atoms with van der Waals surface area (Å²) in [5.74, 6) is 1.28. The van der Waals surface area contributed by atoms with Crippen molar-refractivity contribution in [3.8, 4) is 11.5 Å². The summed E-state index contributed by atoms with van der Waals surface area (Å²) in [6.45, 7) is 3.88. The van der Waals surface area contributed by atoms with Gasteiger partial charge in [-0.05, 0) is 42.8 Å². The second kappa shape index (κ2) is 8.90. The summed E-state index contributed by atoms with van der Waals surface area (Å²) in [6.07, 6.45) is 4.18. The zero-order valence-electron chi connectivity index (χ0n) is 14.9. The number of piperidine rings is 1. The van der Waals surface area contributed by atoms with Crippen LogP contribution in [0.1, 0.15) is 36.7 Å². The second-order valence-corrected chi connectivity index (χ2v) is 6.70. The summed E-state index contributed by atoms with van der Waals surface area (Å²) in [5.41, 5.74) is 0.387. The van der Waals surface area contributed by atoms with Gasteiger partial charge >= 0.3 is 0 Å². The molecule has 2 heterocycles. The number of benzene rings is 1. The van der Waals surface area contributed by atoms with E-state index < -0.39 is 0 Å². The van der Waals surface area contributed by atoms with Crippen molar-refractivity contribution in [1.29, 1.82) is 0 Å². The molecule has 1 aromatic heterocycles. The lowest BCUT2D eigenvalue weighted by Gasteiger charge is -2.32. The standard InChI is InChI=1S/C20H23ClN2O3/c1-2-14-25-18-4-3-11-22-19(18)20(24)23-12-9-17(10-13-23)26-16-7-5-15(21)6-8-16/h3-8,11,17H,2,9-10,12-14H2,1H3. The van der Waals surface area contributed by atoms with E-state index in [0.717, 1.165) is 25.0 Å². The zero-order valence-corrected chi connectivity index (χ0v) is 15.6. The van der Waals surface area contributed by atoms with Gasteiger partial charge in [0.25, 0.3) is 5.91 Å². The van der Waals surface area contributed by atoms with Gasteiger partial charge in [0.1, 0.15) is 11.9 Å². The van der Waals surface area contributed by atoms with Gasteiger partial charge in [0.15, 0.2) is 11.4 Å². The number of pyridine rings is 1. The number of hydrogen-bond donors (Lipinski definition) is 0. The van der Waals surface area contributed by atoms with Crippen molar-refractivity contribution in [2.24, 2.45) is 0 Å². The van der Waals surface area contributed by atoms with Gasteiger partial charge in [0.05, 0.1) is 6.61 Å². The molecule has 0 bridgehead atoms. The molecular weight excluding hydrogens is 352 g/mol. The van der Waals surface area contributed by atoms with Crippen LogP contribution in [0.3, 0.4) is 0 Å². The molecule has 1 fully saturated rings. The maximum Gasteiger partial charge on any atom is 0.276 e. The van der Waals surface area contributed by atoms with Crippen LogP contribution in [-0.2, 0) is 0 Å². The molecule has 0 aliphatic carbocycles. The van der Waals surface area contributed by atoms with E-state index in [2.05, 4.69) is 4.98 Å². The number of carbonyl (C=O) groups is 1. The summed E-state index contributed by atoms with van der Waals surface area (Å²) in [4.78, 5) is 18.9. The van der Waals surface area contributed by atoms with E-state index in [1.807, 2.05) is 36.1 Å². The molecular formula is C20H23ClN2O3. The molecule has 2 aromatic rings. The summed E-state index contributed by atoms with van der Waals surface area (Å²) in [5, 5.41) is 0.689. The summed E-state index contributed by atoms with van der Waals surface area (Å²) < 4.78 is 11.6. The number of ether oxygens (including phenoxy) is 2. The molecule has 0 unspecified atom stereocenters. The zero-order chi connectivity index (χ0) is 18.4. The Morgan fingerprint density at radius 1 is 1.23 bits per heavy atom. The van der Waals surface area contributed by atoms with Crippen LogP contribution in [0.5, 0.6) is 11.5 Å². The fourth-order valence-corrected chi connectivity index (χ4v) is 3.04. The van der Waals surface area contributed by atoms with Crippen LogP contribution in [0.4, 0.5) is 0 Å². The van der Waals surface area contributed by atoms with E-state index in [4.69, 9.17) is 21.1 Å². The van der Waals surface area contributed by atoms with Gasteiger partial charge < -0.3 is 14.4 Å². The number of amides is 1. The Bertz CT molecular complexity index is 728. The number of rotatable bonds is 6. The Morgan fingerprint density at radius 2 is 1.96 bits per heavy atom. The maximum atomic E-state index is 12.8. The van der Waals surface area contributed by atoms with Crippen LogP contribution in [0.25, 0.3) is 0 Å². The Labute approximate surface area is 158 Å². The van der Waals surface area contributed by atoms with Crippen LogP contribution < -0.4 is 9.47 Å². The van der Waals surface area contributed by atoms with Crippen molar-refractivity contribution < 1.29 is 14.3 Å². The van der Waals surface area contributed by atoms with Gasteiger partial charge in [-0.3, -0.25) is 4.79 Å². The highest BCUT2D eigenvalue weighted by Crippen LogP contribution is 2.23. The minimum absolute atomic E-state index is 0.0818. The topological polar surface area (TPSA) is 51.7 Å². The van der Waals surface area contributed by atoms with Crippen LogP contribution in [0.15, 0.2) is 42.6 Å². The summed E-state index contributed by atoms with van der Waals surface area (Å²) in [6, 6.07) is 10.9. The normalized spacial score (nSPS) is 14.9. The number of halogens is 1. The molecule has 138 valence electrons. The van der Waals surface area contributed by atoms with Crippen molar-refractivity contribution in [3.63, 3.8) is 0 Å². The highest BCUT2D eigenvalue weighted by atomic mass is 35.5. The maximum absolute atomic E-state index is 12.8. The predicted molar refractivity (Wildman–Crippen MR) is 101 cm³/mol. The molecule has 5 nitrogen and oxygen atoms in total. The third kappa shape index (κ3) is 4.67. The van der Waals surface area contributed by atoms with Crippen LogP contribution in [0.2, 0.25) is 5.02 Å². The minimum Gasteiger partial charge on any atom is -0.491 e. The first-order valence-corrected chi connectivity index (χ1v) is 9.34. The number of hydrogen-bond acceptors (Lipinski definition) is 4. The number of nitrogens with zero attached hydrogens (tertiary/aromatic N) is 2. The van der Waals surface area contributed by atoms with E-state index in [1.165, 1.54) is 0 Å². The molecule has 0 N–H and O–H groups in total. The number of carbonyl (C=O) groups excluding carboxylic acids is 1. The first-order valence-electron chi connectivity index (χ1n) is 8.96. The fraction of sp³-hybridized carbons (Fsp3) is 0.400. The smallest absolute Gasteiger partial charge is 0.276 e. The molecule has 1 aliphatic rings. The Balaban J connectivity index is 1.57. The summed E-state index contributed by atoms with van der Waals surface area (Å²) >= 11 is 5.90. The van der Waals surface area contributed by atoms with Gasteiger partial charge in [0.2, 0.25) is 0 Å². The lowest BCUT2D eigenvalue weighted by Crippen LogP contribution is -2.42. The van der Waals surface area contributed by atoms with Crippen molar-refractivity contribution in [2.75, 3.05) is 19.7 Å². The Morgan fingerprint density at radius 3 is 2.65 bits per heavy atom. The molecule has 1 aromatic carbocycles. The van der Waals surface area contributed by atoms with Crippen LogP contribution >= 0.6 is 11.6 Å². The van der Waals surface area contributed by atoms with Crippen molar-refractivity contribution in [1.82, 2.24) is 9.88 Å². The highest BCUT2D eigenvalue weighted by molar-refractivity contribution is 6.30. The first kappa shape index (κ1) is 18.5.